The van der Waals surface area contributed by atoms with Crippen LogP contribution in [0.15, 0.2) is 24.3 Å². The van der Waals surface area contributed by atoms with Crippen LogP contribution in [-0.4, -0.2) is 5.88 Å². The maximum absolute atomic E-state index is 5.70. The van der Waals surface area contributed by atoms with Crippen LogP contribution >= 0.6 is 11.6 Å². The highest BCUT2D eigenvalue weighted by molar-refractivity contribution is 6.17. The molecule has 0 aromatic heterocycles. The second kappa shape index (κ2) is 6.30. The van der Waals surface area contributed by atoms with E-state index in [4.69, 9.17) is 11.6 Å². The van der Waals surface area contributed by atoms with E-state index in [1.54, 1.807) is 11.1 Å². The first-order chi connectivity index (χ1) is 7.92. The highest BCUT2D eigenvalue weighted by Crippen LogP contribution is 2.34. The monoisotopic (exact) mass is 236 g/mol. The van der Waals surface area contributed by atoms with Gasteiger partial charge in [0.15, 0.2) is 0 Å². The number of hydrogen-bond donors (Lipinski definition) is 0. The van der Waals surface area contributed by atoms with Crippen LogP contribution in [0.1, 0.15) is 55.6 Å². The van der Waals surface area contributed by atoms with E-state index in [-0.39, 0.29) is 0 Å². The highest BCUT2D eigenvalue weighted by atomic mass is 35.5. The van der Waals surface area contributed by atoms with E-state index < -0.39 is 0 Å². The summed E-state index contributed by atoms with van der Waals surface area (Å²) in [6.45, 7) is 0. The molecule has 1 aromatic carbocycles. The molecule has 88 valence electrons. The molecule has 0 saturated carbocycles. The highest BCUT2D eigenvalue weighted by Gasteiger charge is 2.18. The summed E-state index contributed by atoms with van der Waals surface area (Å²) < 4.78 is 0. The van der Waals surface area contributed by atoms with E-state index in [2.05, 4.69) is 24.3 Å². The maximum Gasteiger partial charge on any atom is 0.0223 e. The number of fused-ring (bicyclic) bond motifs is 1. The first-order valence-electron chi connectivity index (χ1n) is 6.55. The molecule has 0 nitrogen and oxygen atoms in total. The van der Waals surface area contributed by atoms with Gasteiger partial charge in [0.25, 0.3) is 0 Å². The van der Waals surface area contributed by atoms with Crippen LogP contribution in [0.4, 0.5) is 0 Å². The van der Waals surface area contributed by atoms with Crippen molar-refractivity contribution in [2.45, 2.75) is 50.9 Å². The molecule has 2 rings (SSSR count). The maximum atomic E-state index is 5.70. The van der Waals surface area contributed by atoms with Crippen LogP contribution in [0.25, 0.3) is 0 Å². The molecule has 0 heterocycles. The number of hydrogen-bond acceptors (Lipinski definition) is 0. The summed E-state index contributed by atoms with van der Waals surface area (Å²) in [7, 11) is 0. The molecule has 0 radical (unpaired) electrons. The van der Waals surface area contributed by atoms with Crippen molar-refractivity contribution in [3.05, 3.63) is 35.4 Å². The van der Waals surface area contributed by atoms with Crippen molar-refractivity contribution in [1.82, 2.24) is 0 Å². The van der Waals surface area contributed by atoms with Crippen LogP contribution in [0, 0.1) is 0 Å². The van der Waals surface area contributed by atoms with Crippen LogP contribution < -0.4 is 0 Å². The molecule has 1 aliphatic rings. The average molecular weight is 237 g/mol. The standard InChI is InChI=1S/C15H21Cl/c16-12-5-1-2-7-13-9-6-10-14-8-3-4-11-15(13)14/h3-4,8,11,13H,1-2,5-7,9-10,12H2. The molecule has 0 fully saturated rings. The molecule has 1 aromatic rings. The number of rotatable bonds is 5. The van der Waals surface area contributed by atoms with E-state index in [0.717, 1.165) is 11.8 Å². The topological polar surface area (TPSA) is 0 Å². The van der Waals surface area contributed by atoms with Gasteiger partial charge < -0.3 is 0 Å². The second-order valence-electron chi connectivity index (χ2n) is 4.83. The summed E-state index contributed by atoms with van der Waals surface area (Å²) in [4.78, 5) is 0. The van der Waals surface area contributed by atoms with Crippen molar-refractivity contribution in [1.29, 1.82) is 0 Å². The van der Waals surface area contributed by atoms with Gasteiger partial charge in [-0.05, 0) is 49.1 Å². The van der Waals surface area contributed by atoms with E-state index in [9.17, 15) is 0 Å². The van der Waals surface area contributed by atoms with Crippen molar-refractivity contribution in [2.24, 2.45) is 0 Å². The summed E-state index contributed by atoms with van der Waals surface area (Å²) in [5.74, 6) is 1.64. The number of alkyl halides is 1. The molecule has 1 aliphatic carbocycles. The minimum atomic E-state index is 0.820. The van der Waals surface area contributed by atoms with Gasteiger partial charge in [-0.3, -0.25) is 0 Å². The molecule has 0 spiro atoms. The first kappa shape index (κ1) is 12.0. The normalized spacial score (nSPS) is 19.4. The van der Waals surface area contributed by atoms with Gasteiger partial charge in [-0.25, -0.2) is 0 Å². The lowest BCUT2D eigenvalue weighted by Crippen LogP contribution is -2.09. The summed E-state index contributed by atoms with van der Waals surface area (Å²) in [5.41, 5.74) is 3.22. The Labute approximate surface area is 104 Å². The zero-order valence-corrected chi connectivity index (χ0v) is 10.7. The molecule has 0 bridgehead atoms. The molecule has 1 heteroatoms. The third kappa shape index (κ3) is 3.01. The lowest BCUT2D eigenvalue weighted by molar-refractivity contribution is 0.494. The lowest BCUT2D eigenvalue weighted by Gasteiger charge is -2.25. The van der Waals surface area contributed by atoms with E-state index in [0.29, 0.717) is 0 Å². The molecule has 1 atom stereocenters. The molecule has 1 unspecified atom stereocenters. The Morgan fingerprint density at radius 3 is 2.88 bits per heavy atom. The number of benzene rings is 1. The predicted octanol–water partition coefficient (Wildman–Crippen LogP) is 4.91. The number of aryl methyl sites for hydroxylation is 1. The summed E-state index contributed by atoms with van der Waals surface area (Å²) >= 11 is 5.70. The van der Waals surface area contributed by atoms with Gasteiger partial charge in [-0.2, -0.15) is 0 Å². The van der Waals surface area contributed by atoms with Crippen molar-refractivity contribution in [2.75, 3.05) is 5.88 Å². The smallest absolute Gasteiger partial charge is 0.0223 e. The minimum Gasteiger partial charge on any atom is -0.127 e. The Morgan fingerprint density at radius 2 is 2.00 bits per heavy atom. The predicted molar refractivity (Wildman–Crippen MR) is 71.3 cm³/mol. The third-order valence-electron chi connectivity index (χ3n) is 3.68. The van der Waals surface area contributed by atoms with E-state index in [1.165, 1.54) is 44.9 Å². The zero-order valence-electron chi connectivity index (χ0n) is 9.92. The largest absolute Gasteiger partial charge is 0.127 e. The Balaban J connectivity index is 1.91. The zero-order chi connectivity index (χ0) is 11.2. The van der Waals surface area contributed by atoms with Gasteiger partial charge in [0.1, 0.15) is 0 Å². The third-order valence-corrected chi connectivity index (χ3v) is 3.95. The molecule has 16 heavy (non-hydrogen) atoms. The Bertz CT molecular complexity index is 319. The average Bonchev–Trinajstić information content (AvgIpc) is 2.35. The minimum absolute atomic E-state index is 0.820. The summed E-state index contributed by atoms with van der Waals surface area (Å²) in [6.07, 6.45) is 9.21. The van der Waals surface area contributed by atoms with Crippen LogP contribution in [0.3, 0.4) is 0 Å². The first-order valence-corrected chi connectivity index (χ1v) is 7.09. The molecule has 0 amide bonds. The van der Waals surface area contributed by atoms with E-state index in [1.807, 2.05) is 0 Å². The Kier molecular flexibility index (Phi) is 4.71. The fourth-order valence-corrected chi connectivity index (χ4v) is 3.01. The van der Waals surface area contributed by atoms with E-state index >= 15 is 0 Å². The van der Waals surface area contributed by atoms with Crippen LogP contribution in [-0.2, 0) is 6.42 Å². The summed E-state index contributed by atoms with van der Waals surface area (Å²) in [5, 5.41) is 0. The van der Waals surface area contributed by atoms with Gasteiger partial charge in [0.05, 0.1) is 0 Å². The SMILES string of the molecule is ClCCCCCC1CCCc2ccccc21. The van der Waals surface area contributed by atoms with Gasteiger partial charge in [-0.1, -0.05) is 37.1 Å². The lowest BCUT2D eigenvalue weighted by atomic mass is 9.80. The van der Waals surface area contributed by atoms with Crippen LogP contribution in [0.5, 0.6) is 0 Å². The molecule has 0 saturated heterocycles. The van der Waals surface area contributed by atoms with Crippen molar-refractivity contribution < 1.29 is 0 Å². The molecule has 0 N–H and O–H groups in total. The number of halogens is 1. The van der Waals surface area contributed by atoms with Gasteiger partial charge in [0.2, 0.25) is 0 Å². The van der Waals surface area contributed by atoms with Crippen molar-refractivity contribution in [3.8, 4) is 0 Å². The van der Waals surface area contributed by atoms with Gasteiger partial charge in [-0.15, -0.1) is 11.6 Å². The fourth-order valence-electron chi connectivity index (χ4n) is 2.82. The van der Waals surface area contributed by atoms with Crippen LogP contribution in [0.2, 0.25) is 0 Å². The molecule has 0 aliphatic heterocycles. The second-order valence-corrected chi connectivity index (χ2v) is 5.20. The van der Waals surface area contributed by atoms with Crippen molar-refractivity contribution in [3.63, 3.8) is 0 Å². The summed E-state index contributed by atoms with van der Waals surface area (Å²) in [6, 6.07) is 9.01. The molecular weight excluding hydrogens is 216 g/mol. The molecular formula is C15H21Cl. The van der Waals surface area contributed by atoms with Gasteiger partial charge >= 0.3 is 0 Å². The van der Waals surface area contributed by atoms with Crippen molar-refractivity contribution >= 4 is 11.6 Å². The Hall–Kier alpha value is -0.490. The Morgan fingerprint density at radius 1 is 1.12 bits per heavy atom. The fraction of sp³-hybridized carbons (Fsp3) is 0.600. The quantitative estimate of drug-likeness (QED) is 0.504. The van der Waals surface area contributed by atoms with Gasteiger partial charge in [0, 0.05) is 5.88 Å². The number of unbranched alkanes of at least 4 members (excludes halogenated alkanes) is 2.